The fraction of sp³-hybridized carbons (Fsp3) is 0.212. The Morgan fingerprint density at radius 3 is 2.00 bits per heavy atom. The number of sulfonamides is 1. The number of nitrogens with one attached hydrogen (secondary N) is 1. The number of phenolic OH excluding ortho intramolecular Hbond substituents is 2. The molecule has 246 valence electrons. The van der Waals surface area contributed by atoms with Crippen molar-refractivity contribution in [1.29, 1.82) is 0 Å². The first-order valence-electron chi connectivity index (χ1n) is 14.5. The largest absolute Gasteiger partial charge is 0.508 e. The van der Waals surface area contributed by atoms with Crippen molar-refractivity contribution in [3.63, 3.8) is 0 Å². The van der Waals surface area contributed by atoms with Crippen molar-refractivity contribution in [2.24, 2.45) is 10.9 Å². The Bertz CT molecular complexity index is 1830. The number of hydrogen-bond donors (Lipinski definition) is 5. The SMILES string of the molecule is NCCOCCOCCNC(=O)c1ccc(S(N)(=O)=O)cc1.O=C1OC2(c3ccc(O)cc3Oc3cc(O)ccc32)c2ccccc21. The van der Waals surface area contributed by atoms with Gasteiger partial charge in [-0.25, -0.2) is 18.4 Å². The topological polar surface area (TPSA) is 210 Å². The fourth-order valence-electron chi connectivity index (χ4n) is 5.19. The van der Waals surface area contributed by atoms with E-state index in [1.54, 1.807) is 24.3 Å². The van der Waals surface area contributed by atoms with E-state index in [0.717, 1.165) is 0 Å². The number of esters is 1. The summed E-state index contributed by atoms with van der Waals surface area (Å²) in [6.45, 7) is 2.55. The average Bonchev–Trinajstić information content (AvgIpc) is 3.34. The summed E-state index contributed by atoms with van der Waals surface area (Å²) in [6, 6.07) is 22.0. The van der Waals surface area contributed by atoms with Crippen molar-refractivity contribution in [2.45, 2.75) is 10.5 Å². The number of fused-ring (bicyclic) bond motifs is 6. The Hall–Kier alpha value is -4.99. The molecular formula is C33H33N3O10S. The van der Waals surface area contributed by atoms with Gasteiger partial charge < -0.3 is 40.2 Å². The number of benzene rings is 4. The van der Waals surface area contributed by atoms with Gasteiger partial charge in [0.1, 0.15) is 23.0 Å². The van der Waals surface area contributed by atoms with Crippen LogP contribution < -0.4 is 20.9 Å². The van der Waals surface area contributed by atoms with Gasteiger partial charge in [-0.05, 0) is 54.6 Å². The van der Waals surface area contributed by atoms with Crippen molar-refractivity contribution in [1.82, 2.24) is 5.32 Å². The first-order valence-corrected chi connectivity index (χ1v) is 16.0. The van der Waals surface area contributed by atoms with E-state index in [2.05, 4.69) is 5.32 Å². The van der Waals surface area contributed by atoms with Gasteiger partial charge in [0.15, 0.2) is 5.60 Å². The Kier molecular flexibility index (Phi) is 10.1. The van der Waals surface area contributed by atoms with Crippen LogP contribution in [-0.4, -0.2) is 70.0 Å². The lowest BCUT2D eigenvalue weighted by Gasteiger charge is -2.36. The maximum absolute atomic E-state index is 12.5. The Labute approximate surface area is 270 Å². The second-order valence-electron chi connectivity index (χ2n) is 10.4. The minimum Gasteiger partial charge on any atom is -0.508 e. The third-order valence-corrected chi connectivity index (χ3v) is 8.22. The quantitative estimate of drug-likeness (QED) is 0.123. The van der Waals surface area contributed by atoms with E-state index in [9.17, 15) is 28.2 Å². The van der Waals surface area contributed by atoms with E-state index in [-0.39, 0.29) is 22.3 Å². The number of carbonyl (C=O) groups excluding carboxylic acids is 2. The van der Waals surface area contributed by atoms with Gasteiger partial charge in [0.25, 0.3) is 5.91 Å². The molecule has 14 heteroatoms. The molecule has 0 saturated heterocycles. The van der Waals surface area contributed by atoms with E-state index in [1.807, 2.05) is 12.1 Å². The van der Waals surface area contributed by atoms with Crippen LogP contribution in [0, 0.1) is 0 Å². The number of phenols is 2. The molecule has 7 N–H and O–H groups in total. The number of amides is 1. The molecule has 1 spiro atoms. The zero-order valence-corrected chi connectivity index (χ0v) is 25.9. The molecule has 0 atom stereocenters. The van der Waals surface area contributed by atoms with Crippen molar-refractivity contribution in [2.75, 3.05) is 39.5 Å². The van der Waals surface area contributed by atoms with Crippen LogP contribution in [0.3, 0.4) is 0 Å². The standard InChI is InChI=1S/C20H12O5.C13H21N3O5S/c21-11-5-7-15-17(9-11)24-18-10-12(22)6-8-16(18)20(15)14-4-2-1-3-13(14)19(23)25-20;14-5-7-20-9-10-21-8-6-16-13(17)11-1-3-12(4-2-11)22(15,18)19/h1-10,21-22H;1-4H,5-10,14H2,(H,16,17)(H2,15,18,19). The fourth-order valence-corrected chi connectivity index (χ4v) is 5.71. The number of aromatic hydroxyl groups is 2. The van der Waals surface area contributed by atoms with E-state index in [4.69, 9.17) is 29.8 Å². The molecule has 0 radical (unpaired) electrons. The first-order chi connectivity index (χ1) is 22.5. The van der Waals surface area contributed by atoms with Crippen LogP contribution in [-0.2, 0) is 29.8 Å². The van der Waals surface area contributed by atoms with Crippen molar-refractivity contribution < 1.29 is 47.2 Å². The van der Waals surface area contributed by atoms with Gasteiger partial charge in [-0.15, -0.1) is 0 Å². The van der Waals surface area contributed by atoms with Gasteiger partial charge in [-0.2, -0.15) is 0 Å². The van der Waals surface area contributed by atoms with Crippen LogP contribution in [0.2, 0.25) is 0 Å². The highest BCUT2D eigenvalue weighted by molar-refractivity contribution is 7.89. The van der Waals surface area contributed by atoms with Crippen LogP contribution in [0.4, 0.5) is 0 Å². The number of primary sulfonamides is 1. The van der Waals surface area contributed by atoms with Crippen LogP contribution >= 0.6 is 0 Å². The Morgan fingerprint density at radius 2 is 1.40 bits per heavy atom. The van der Waals surface area contributed by atoms with E-state index in [0.29, 0.717) is 78.8 Å². The lowest BCUT2D eigenvalue weighted by molar-refractivity contribution is 0.0224. The highest BCUT2D eigenvalue weighted by atomic mass is 32.2. The minimum atomic E-state index is -3.75. The molecule has 4 aromatic carbocycles. The molecular weight excluding hydrogens is 630 g/mol. The molecule has 47 heavy (non-hydrogen) atoms. The molecule has 0 bridgehead atoms. The van der Waals surface area contributed by atoms with E-state index >= 15 is 0 Å². The summed E-state index contributed by atoms with van der Waals surface area (Å²) >= 11 is 0. The summed E-state index contributed by atoms with van der Waals surface area (Å²) in [6.07, 6.45) is 0. The predicted molar refractivity (Wildman–Crippen MR) is 169 cm³/mol. The third kappa shape index (κ3) is 7.21. The number of ether oxygens (including phenoxy) is 4. The van der Waals surface area contributed by atoms with Crippen molar-refractivity contribution in [3.05, 3.63) is 113 Å². The molecule has 1 amide bonds. The normalized spacial score (nSPS) is 13.7. The Morgan fingerprint density at radius 1 is 0.809 bits per heavy atom. The zero-order chi connectivity index (χ0) is 33.6. The second kappa shape index (κ2) is 14.2. The lowest BCUT2D eigenvalue weighted by atomic mass is 9.77. The van der Waals surface area contributed by atoms with Crippen LogP contribution in [0.5, 0.6) is 23.0 Å². The minimum absolute atomic E-state index is 0.0371. The number of hydrogen-bond acceptors (Lipinski definition) is 11. The summed E-state index contributed by atoms with van der Waals surface area (Å²) in [7, 11) is -3.75. The van der Waals surface area contributed by atoms with Gasteiger partial charge in [0.2, 0.25) is 10.0 Å². The van der Waals surface area contributed by atoms with Gasteiger partial charge in [0.05, 0.1) is 36.9 Å². The smallest absolute Gasteiger partial charge is 0.340 e. The molecule has 6 rings (SSSR count). The Balaban J connectivity index is 0.000000187. The van der Waals surface area contributed by atoms with Crippen molar-refractivity contribution >= 4 is 21.9 Å². The van der Waals surface area contributed by atoms with Crippen LogP contribution in [0.15, 0.2) is 89.8 Å². The number of nitrogens with two attached hydrogens (primary N) is 2. The van der Waals surface area contributed by atoms with E-state index in [1.165, 1.54) is 48.5 Å². The maximum Gasteiger partial charge on any atom is 0.340 e. The lowest BCUT2D eigenvalue weighted by Crippen LogP contribution is -2.32. The van der Waals surface area contributed by atoms with Crippen LogP contribution in [0.1, 0.15) is 37.4 Å². The summed E-state index contributed by atoms with van der Waals surface area (Å²) < 4.78 is 44.3. The van der Waals surface area contributed by atoms with Gasteiger partial charge in [-0.1, -0.05) is 18.2 Å². The van der Waals surface area contributed by atoms with Gasteiger partial charge >= 0.3 is 5.97 Å². The average molecular weight is 664 g/mol. The predicted octanol–water partition coefficient (Wildman–Crippen LogP) is 2.72. The number of rotatable bonds is 10. The highest BCUT2D eigenvalue weighted by Gasteiger charge is 2.53. The molecule has 0 fully saturated rings. The van der Waals surface area contributed by atoms with Gasteiger partial charge in [-0.3, -0.25) is 4.79 Å². The molecule has 13 nitrogen and oxygen atoms in total. The maximum atomic E-state index is 12.5. The summed E-state index contributed by atoms with van der Waals surface area (Å²) in [5.41, 5.74) is 6.89. The molecule has 0 aliphatic carbocycles. The molecule has 2 heterocycles. The third-order valence-electron chi connectivity index (χ3n) is 7.29. The van der Waals surface area contributed by atoms with Crippen molar-refractivity contribution in [3.8, 4) is 23.0 Å². The molecule has 0 saturated carbocycles. The van der Waals surface area contributed by atoms with Gasteiger partial charge in [0, 0.05) is 47.5 Å². The molecule has 0 aromatic heterocycles. The molecule has 2 aliphatic heterocycles. The molecule has 4 aromatic rings. The zero-order valence-electron chi connectivity index (χ0n) is 25.0. The summed E-state index contributed by atoms with van der Waals surface area (Å²) in [5, 5.41) is 27.3. The van der Waals surface area contributed by atoms with Crippen LogP contribution in [0.25, 0.3) is 0 Å². The summed E-state index contributed by atoms with van der Waals surface area (Å²) in [4.78, 5) is 24.3. The molecule has 2 aliphatic rings. The van der Waals surface area contributed by atoms with E-state index < -0.39 is 21.6 Å². The molecule has 0 unspecified atom stereocenters. The second-order valence-corrected chi connectivity index (χ2v) is 12.0. The number of carbonyl (C=O) groups is 2. The first kappa shape index (κ1) is 33.4. The highest BCUT2D eigenvalue weighted by Crippen LogP contribution is 2.56. The summed E-state index contributed by atoms with van der Waals surface area (Å²) in [5.74, 6) is 0.0925. The monoisotopic (exact) mass is 663 g/mol.